The average Bonchev–Trinajstić information content (AvgIpc) is 2.61. The Balaban J connectivity index is 2.10. The molecule has 2 rings (SSSR count). The smallest absolute Gasteiger partial charge is 0.240 e. The average molecular weight is 369 g/mol. The summed E-state index contributed by atoms with van der Waals surface area (Å²) in [7, 11) is 0.840. The van der Waals surface area contributed by atoms with Crippen LogP contribution in [0, 0.1) is 5.82 Å². The molecule has 2 aromatic carbocycles. The quantitative estimate of drug-likeness (QED) is 0.773. The van der Waals surface area contributed by atoms with E-state index in [1.807, 2.05) is 0 Å². The van der Waals surface area contributed by atoms with E-state index in [4.69, 9.17) is 14.2 Å². The summed E-state index contributed by atoms with van der Waals surface area (Å²) in [6.45, 7) is 0.165. The van der Waals surface area contributed by atoms with E-state index in [-0.39, 0.29) is 11.4 Å². The molecular formula is C17H20FNO5S. The summed E-state index contributed by atoms with van der Waals surface area (Å²) >= 11 is 0. The summed E-state index contributed by atoms with van der Waals surface area (Å²) in [6, 6.07) is 8.16. The van der Waals surface area contributed by atoms with Gasteiger partial charge in [0.2, 0.25) is 15.8 Å². The van der Waals surface area contributed by atoms with E-state index in [0.717, 1.165) is 17.7 Å². The molecule has 8 heteroatoms. The van der Waals surface area contributed by atoms with Crippen LogP contribution in [0.2, 0.25) is 0 Å². The number of ether oxygens (including phenoxy) is 3. The third kappa shape index (κ3) is 4.61. The van der Waals surface area contributed by atoms with Crippen molar-refractivity contribution in [2.75, 3.05) is 27.9 Å². The highest BCUT2D eigenvalue weighted by molar-refractivity contribution is 7.89. The number of rotatable bonds is 8. The third-order valence-electron chi connectivity index (χ3n) is 3.55. The van der Waals surface area contributed by atoms with E-state index in [9.17, 15) is 12.8 Å². The van der Waals surface area contributed by atoms with Gasteiger partial charge in [0.05, 0.1) is 26.2 Å². The molecular weight excluding hydrogens is 349 g/mol. The molecule has 0 spiro atoms. The van der Waals surface area contributed by atoms with Crippen LogP contribution in [0.4, 0.5) is 4.39 Å². The van der Waals surface area contributed by atoms with Crippen LogP contribution in [0.25, 0.3) is 0 Å². The predicted octanol–water partition coefficient (Wildman–Crippen LogP) is 2.37. The van der Waals surface area contributed by atoms with E-state index in [1.54, 1.807) is 12.1 Å². The van der Waals surface area contributed by atoms with Gasteiger partial charge in [0, 0.05) is 6.54 Å². The van der Waals surface area contributed by atoms with Gasteiger partial charge >= 0.3 is 0 Å². The van der Waals surface area contributed by atoms with Gasteiger partial charge in [0.25, 0.3) is 0 Å². The lowest BCUT2D eigenvalue weighted by Crippen LogP contribution is -2.26. The van der Waals surface area contributed by atoms with E-state index in [2.05, 4.69) is 4.72 Å². The first-order chi connectivity index (χ1) is 11.9. The molecule has 0 aromatic heterocycles. The van der Waals surface area contributed by atoms with E-state index in [1.165, 1.54) is 33.5 Å². The predicted molar refractivity (Wildman–Crippen MR) is 91.4 cm³/mol. The van der Waals surface area contributed by atoms with Gasteiger partial charge < -0.3 is 14.2 Å². The molecule has 25 heavy (non-hydrogen) atoms. The Labute approximate surface area is 146 Å². The van der Waals surface area contributed by atoms with Crippen LogP contribution in [0.3, 0.4) is 0 Å². The minimum Gasteiger partial charge on any atom is -0.493 e. The molecule has 6 nitrogen and oxygen atoms in total. The number of benzene rings is 2. The summed E-state index contributed by atoms with van der Waals surface area (Å²) in [5.74, 6) is 0.980. The van der Waals surface area contributed by atoms with Gasteiger partial charge in [-0.3, -0.25) is 0 Å². The summed E-state index contributed by atoms with van der Waals surface area (Å²) in [5, 5.41) is 0. The molecule has 0 atom stereocenters. The van der Waals surface area contributed by atoms with Crippen LogP contribution in [-0.2, 0) is 16.4 Å². The van der Waals surface area contributed by atoms with Crippen molar-refractivity contribution in [3.8, 4) is 17.2 Å². The zero-order valence-electron chi connectivity index (χ0n) is 14.2. The molecule has 1 N–H and O–H groups in total. The van der Waals surface area contributed by atoms with Crippen molar-refractivity contribution in [2.45, 2.75) is 11.3 Å². The maximum absolute atomic E-state index is 12.9. The Morgan fingerprint density at radius 2 is 1.52 bits per heavy atom. The molecule has 0 aliphatic heterocycles. The van der Waals surface area contributed by atoms with Crippen molar-refractivity contribution in [1.82, 2.24) is 4.72 Å². The maximum Gasteiger partial charge on any atom is 0.240 e. The molecule has 0 saturated heterocycles. The fourth-order valence-electron chi connectivity index (χ4n) is 2.31. The minimum absolute atomic E-state index is 0.0128. The summed E-state index contributed by atoms with van der Waals surface area (Å²) in [6.07, 6.45) is 0.414. The van der Waals surface area contributed by atoms with Gasteiger partial charge in [-0.2, -0.15) is 0 Å². The van der Waals surface area contributed by atoms with E-state index >= 15 is 0 Å². The zero-order chi connectivity index (χ0) is 18.4. The maximum atomic E-state index is 12.9. The largest absolute Gasteiger partial charge is 0.493 e. The molecule has 0 radical (unpaired) electrons. The molecule has 2 aromatic rings. The number of hydrogen-bond acceptors (Lipinski definition) is 5. The Morgan fingerprint density at radius 1 is 0.960 bits per heavy atom. The Kier molecular flexibility index (Phi) is 6.22. The molecule has 0 saturated carbocycles. The number of methoxy groups -OCH3 is 3. The molecule has 0 fully saturated rings. The number of sulfonamides is 1. The van der Waals surface area contributed by atoms with Crippen molar-refractivity contribution in [1.29, 1.82) is 0 Å². The molecule has 0 heterocycles. The SMILES string of the molecule is COc1cc(CCNS(=O)(=O)c2ccc(F)cc2)cc(OC)c1OC. The van der Waals surface area contributed by atoms with Gasteiger partial charge in [-0.05, 0) is 48.4 Å². The molecule has 136 valence electrons. The molecule has 0 unspecified atom stereocenters. The highest BCUT2D eigenvalue weighted by Gasteiger charge is 2.15. The Bertz CT molecular complexity index is 796. The number of nitrogens with one attached hydrogen (secondary N) is 1. The molecule has 0 aliphatic carbocycles. The van der Waals surface area contributed by atoms with Crippen LogP contribution in [-0.4, -0.2) is 36.3 Å². The van der Waals surface area contributed by atoms with Gasteiger partial charge in [-0.25, -0.2) is 17.5 Å². The third-order valence-corrected chi connectivity index (χ3v) is 5.03. The van der Waals surface area contributed by atoms with Crippen LogP contribution in [0.5, 0.6) is 17.2 Å². The standard InChI is InChI=1S/C17H20FNO5S/c1-22-15-10-12(11-16(23-2)17(15)24-3)8-9-19-25(20,21)14-6-4-13(18)5-7-14/h4-7,10-11,19H,8-9H2,1-3H3. The van der Waals surface area contributed by atoms with Gasteiger partial charge in [0.1, 0.15) is 5.82 Å². The van der Waals surface area contributed by atoms with Gasteiger partial charge in [0.15, 0.2) is 11.5 Å². The monoisotopic (exact) mass is 369 g/mol. The lowest BCUT2D eigenvalue weighted by atomic mass is 10.1. The second-order valence-corrected chi connectivity index (χ2v) is 6.90. The van der Waals surface area contributed by atoms with Crippen molar-refractivity contribution in [2.24, 2.45) is 0 Å². The summed E-state index contributed by atoms with van der Waals surface area (Å²) in [5.41, 5.74) is 0.816. The van der Waals surface area contributed by atoms with E-state index < -0.39 is 15.8 Å². The Morgan fingerprint density at radius 3 is 2.00 bits per heavy atom. The first-order valence-corrected chi connectivity index (χ1v) is 8.93. The highest BCUT2D eigenvalue weighted by Crippen LogP contribution is 2.38. The number of halogens is 1. The minimum atomic E-state index is -3.70. The van der Waals surface area contributed by atoms with Crippen LogP contribution in [0.1, 0.15) is 5.56 Å². The summed E-state index contributed by atoms with van der Waals surface area (Å²) < 4.78 is 55.5. The molecule has 0 aliphatic rings. The van der Waals surface area contributed by atoms with Crippen molar-refractivity contribution in [3.63, 3.8) is 0 Å². The fourth-order valence-corrected chi connectivity index (χ4v) is 3.34. The second-order valence-electron chi connectivity index (χ2n) is 5.14. The van der Waals surface area contributed by atoms with Crippen LogP contribution in [0.15, 0.2) is 41.3 Å². The lowest BCUT2D eigenvalue weighted by molar-refractivity contribution is 0.324. The zero-order valence-corrected chi connectivity index (χ0v) is 15.0. The second kappa shape index (κ2) is 8.17. The van der Waals surface area contributed by atoms with E-state index in [0.29, 0.717) is 23.7 Å². The topological polar surface area (TPSA) is 73.9 Å². The van der Waals surface area contributed by atoms with Gasteiger partial charge in [-0.15, -0.1) is 0 Å². The van der Waals surface area contributed by atoms with Crippen molar-refractivity contribution in [3.05, 3.63) is 47.8 Å². The highest BCUT2D eigenvalue weighted by atomic mass is 32.2. The lowest BCUT2D eigenvalue weighted by Gasteiger charge is -2.14. The van der Waals surface area contributed by atoms with Crippen molar-refractivity contribution >= 4 is 10.0 Å². The molecule has 0 amide bonds. The van der Waals surface area contributed by atoms with Gasteiger partial charge in [-0.1, -0.05) is 0 Å². The normalized spacial score (nSPS) is 11.2. The Hall–Kier alpha value is -2.32. The molecule has 0 bridgehead atoms. The fraction of sp³-hybridized carbons (Fsp3) is 0.294. The first kappa shape index (κ1) is 19.0. The summed E-state index contributed by atoms with van der Waals surface area (Å²) in [4.78, 5) is 0.0128. The van der Waals surface area contributed by atoms with Crippen LogP contribution >= 0.6 is 0 Å². The van der Waals surface area contributed by atoms with Crippen molar-refractivity contribution < 1.29 is 27.0 Å². The van der Waals surface area contributed by atoms with Crippen LogP contribution < -0.4 is 18.9 Å². The number of hydrogen-bond donors (Lipinski definition) is 1. The first-order valence-electron chi connectivity index (χ1n) is 7.45.